The van der Waals surface area contributed by atoms with E-state index in [4.69, 9.17) is 9.47 Å². The van der Waals surface area contributed by atoms with Crippen LogP contribution in [-0.2, 0) is 20.9 Å². The molecule has 0 unspecified atom stereocenters. The smallest absolute Gasteiger partial charge is 0.311 e. The summed E-state index contributed by atoms with van der Waals surface area (Å²) in [5, 5.41) is 9.70. The van der Waals surface area contributed by atoms with Crippen LogP contribution in [-0.4, -0.2) is 29.9 Å². The van der Waals surface area contributed by atoms with Crippen molar-refractivity contribution >= 4 is 5.97 Å². The lowest BCUT2D eigenvalue weighted by Gasteiger charge is -2.14. The maximum Gasteiger partial charge on any atom is 0.311 e. The Kier molecular flexibility index (Phi) is 3.76. The van der Waals surface area contributed by atoms with E-state index in [1.807, 2.05) is 30.3 Å². The molecular weight excluding hydrogens is 220 g/mol. The van der Waals surface area contributed by atoms with Gasteiger partial charge in [-0.3, -0.25) is 4.79 Å². The van der Waals surface area contributed by atoms with Crippen molar-refractivity contribution in [3.8, 4) is 0 Å². The van der Waals surface area contributed by atoms with Crippen LogP contribution in [0.15, 0.2) is 30.3 Å². The number of aliphatic hydroxyl groups excluding tert-OH is 1. The third-order valence-corrected chi connectivity index (χ3v) is 2.93. The second kappa shape index (κ2) is 5.29. The molecular formula is C13H16O4. The van der Waals surface area contributed by atoms with E-state index in [1.54, 1.807) is 6.92 Å². The molecule has 0 saturated carbocycles. The second-order valence-electron chi connectivity index (χ2n) is 4.26. The number of aliphatic hydroxyl groups is 1. The quantitative estimate of drug-likeness (QED) is 0.796. The number of hydrogen-bond acceptors (Lipinski definition) is 4. The largest absolute Gasteiger partial charge is 0.457 e. The highest BCUT2D eigenvalue weighted by molar-refractivity contribution is 5.75. The first kappa shape index (κ1) is 12.1. The van der Waals surface area contributed by atoms with Crippen molar-refractivity contribution in [2.75, 3.05) is 6.61 Å². The number of benzene rings is 1. The minimum absolute atomic E-state index is 0.228. The number of carbonyl (C=O) groups excluding carboxylic acids is 1. The molecule has 1 aliphatic heterocycles. The van der Waals surface area contributed by atoms with E-state index in [1.165, 1.54) is 0 Å². The highest BCUT2D eigenvalue weighted by Crippen LogP contribution is 2.21. The van der Waals surface area contributed by atoms with Crippen LogP contribution in [0.5, 0.6) is 0 Å². The van der Waals surface area contributed by atoms with Crippen molar-refractivity contribution in [2.45, 2.75) is 25.7 Å². The summed E-state index contributed by atoms with van der Waals surface area (Å²) in [6.07, 6.45) is -1.31. The number of cyclic esters (lactones) is 1. The summed E-state index contributed by atoms with van der Waals surface area (Å²) in [6, 6.07) is 9.73. The molecule has 0 amide bonds. The maximum atomic E-state index is 11.2. The molecule has 0 aromatic heterocycles. The van der Waals surface area contributed by atoms with Gasteiger partial charge in [-0.1, -0.05) is 30.3 Å². The fraction of sp³-hybridized carbons (Fsp3) is 0.462. The Hall–Kier alpha value is -1.39. The van der Waals surface area contributed by atoms with Crippen molar-refractivity contribution < 1.29 is 19.4 Å². The Labute approximate surface area is 100 Å². The molecule has 0 radical (unpaired) electrons. The van der Waals surface area contributed by atoms with Gasteiger partial charge in [0, 0.05) is 0 Å². The molecule has 1 heterocycles. The molecule has 4 heteroatoms. The van der Waals surface area contributed by atoms with Crippen LogP contribution in [0.4, 0.5) is 0 Å². The van der Waals surface area contributed by atoms with E-state index in [0.29, 0.717) is 6.61 Å². The molecule has 4 nitrogen and oxygen atoms in total. The molecule has 1 saturated heterocycles. The van der Waals surface area contributed by atoms with Gasteiger partial charge >= 0.3 is 5.97 Å². The zero-order valence-electron chi connectivity index (χ0n) is 9.70. The number of hydrogen-bond donors (Lipinski definition) is 1. The first-order chi connectivity index (χ1) is 8.18. The average molecular weight is 236 g/mol. The van der Waals surface area contributed by atoms with Gasteiger partial charge in [0.25, 0.3) is 0 Å². The molecule has 1 aromatic carbocycles. The van der Waals surface area contributed by atoms with Gasteiger partial charge < -0.3 is 14.6 Å². The molecule has 92 valence electrons. The summed E-state index contributed by atoms with van der Waals surface area (Å²) in [4.78, 5) is 11.2. The average Bonchev–Trinajstić information content (AvgIpc) is 2.59. The van der Waals surface area contributed by atoms with E-state index in [0.717, 1.165) is 5.56 Å². The second-order valence-corrected chi connectivity index (χ2v) is 4.26. The van der Waals surface area contributed by atoms with Crippen molar-refractivity contribution in [3.63, 3.8) is 0 Å². The summed E-state index contributed by atoms with van der Waals surface area (Å²) < 4.78 is 10.4. The lowest BCUT2D eigenvalue weighted by Crippen LogP contribution is -2.29. The van der Waals surface area contributed by atoms with Crippen LogP contribution in [0.3, 0.4) is 0 Å². The van der Waals surface area contributed by atoms with Crippen LogP contribution in [0.2, 0.25) is 0 Å². The van der Waals surface area contributed by atoms with Gasteiger partial charge in [0.15, 0.2) is 6.10 Å². The molecule has 1 fully saturated rings. The molecule has 2 rings (SSSR count). The zero-order valence-corrected chi connectivity index (χ0v) is 9.70. The van der Waals surface area contributed by atoms with Crippen LogP contribution in [0, 0.1) is 5.92 Å². The topological polar surface area (TPSA) is 55.8 Å². The molecule has 0 spiro atoms. The molecule has 1 aromatic rings. The van der Waals surface area contributed by atoms with Gasteiger partial charge in [-0.2, -0.15) is 0 Å². The summed E-state index contributed by atoms with van der Waals surface area (Å²) in [5.74, 6) is -0.814. The normalized spacial score (nSPS) is 28.1. The third kappa shape index (κ3) is 2.84. The van der Waals surface area contributed by atoms with Gasteiger partial charge in [-0.25, -0.2) is 0 Å². The van der Waals surface area contributed by atoms with Crippen LogP contribution in [0.25, 0.3) is 0 Å². The lowest BCUT2D eigenvalue weighted by atomic mass is 10.0. The molecule has 0 aliphatic carbocycles. The number of carbonyl (C=O) groups is 1. The minimum Gasteiger partial charge on any atom is -0.457 e. The van der Waals surface area contributed by atoms with E-state index in [-0.39, 0.29) is 12.6 Å². The third-order valence-electron chi connectivity index (χ3n) is 2.93. The minimum atomic E-state index is -0.765. The van der Waals surface area contributed by atoms with Crippen molar-refractivity contribution in [1.29, 1.82) is 0 Å². The fourth-order valence-corrected chi connectivity index (χ4v) is 1.79. The monoisotopic (exact) mass is 236 g/mol. The van der Waals surface area contributed by atoms with Crippen LogP contribution < -0.4 is 0 Å². The highest BCUT2D eigenvalue weighted by Gasteiger charge is 2.40. The number of ether oxygens (including phenoxy) is 2. The maximum absolute atomic E-state index is 11.2. The van der Waals surface area contributed by atoms with E-state index >= 15 is 0 Å². The Balaban J connectivity index is 1.78. The SMILES string of the molecule is C[C@@H]1C(=O)O[C@H](COCc2ccccc2)[C@H]1O. The predicted octanol–water partition coefficient (Wildman–Crippen LogP) is 1.13. The van der Waals surface area contributed by atoms with Crippen molar-refractivity contribution in [1.82, 2.24) is 0 Å². The highest BCUT2D eigenvalue weighted by atomic mass is 16.6. The molecule has 17 heavy (non-hydrogen) atoms. The van der Waals surface area contributed by atoms with Crippen LogP contribution >= 0.6 is 0 Å². The first-order valence-electron chi connectivity index (χ1n) is 5.68. The molecule has 0 bridgehead atoms. The van der Waals surface area contributed by atoms with Crippen molar-refractivity contribution in [2.24, 2.45) is 5.92 Å². The van der Waals surface area contributed by atoms with E-state index < -0.39 is 18.1 Å². The standard InChI is InChI=1S/C13H16O4/c1-9-12(14)11(17-13(9)15)8-16-7-10-5-3-2-4-6-10/h2-6,9,11-12,14H,7-8H2,1H3/t9-,11+,12-/m0/s1. The van der Waals surface area contributed by atoms with E-state index in [9.17, 15) is 9.90 Å². The summed E-state index contributed by atoms with van der Waals surface area (Å²) in [5.41, 5.74) is 1.05. The lowest BCUT2D eigenvalue weighted by molar-refractivity contribution is -0.146. The first-order valence-corrected chi connectivity index (χ1v) is 5.68. The summed E-state index contributed by atoms with van der Waals surface area (Å²) in [6.45, 7) is 2.34. The number of rotatable bonds is 4. The van der Waals surface area contributed by atoms with Gasteiger partial charge in [0.2, 0.25) is 0 Å². The van der Waals surface area contributed by atoms with Gasteiger partial charge in [-0.15, -0.1) is 0 Å². The Morgan fingerprint density at radius 1 is 1.35 bits per heavy atom. The van der Waals surface area contributed by atoms with Gasteiger partial charge in [-0.05, 0) is 12.5 Å². The predicted molar refractivity (Wildman–Crippen MR) is 61.1 cm³/mol. The molecule has 3 atom stereocenters. The van der Waals surface area contributed by atoms with Gasteiger partial charge in [0.05, 0.1) is 19.1 Å². The number of esters is 1. The van der Waals surface area contributed by atoms with Crippen LogP contribution in [0.1, 0.15) is 12.5 Å². The van der Waals surface area contributed by atoms with E-state index in [2.05, 4.69) is 0 Å². The van der Waals surface area contributed by atoms with Crippen molar-refractivity contribution in [3.05, 3.63) is 35.9 Å². The molecule has 1 aliphatic rings. The molecule has 1 N–H and O–H groups in total. The van der Waals surface area contributed by atoms with Gasteiger partial charge in [0.1, 0.15) is 6.10 Å². The Bertz CT molecular complexity index is 376. The summed E-state index contributed by atoms with van der Waals surface area (Å²) in [7, 11) is 0. The fourth-order valence-electron chi connectivity index (χ4n) is 1.79. The summed E-state index contributed by atoms with van der Waals surface area (Å²) >= 11 is 0. The Morgan fingerprint density at radius 3 is 2.65 bits per heavy atom. The Morgan fingerprint density at radius 2 is 2.06 bits per heavy atom. The zero-order chi connectivity index (χ0) is 12.3.